The van der Waals surface area contributed by atoms with E-state index in [2.05, 4.69) is 27.9 Å². The third-order valence-electron chi connectivity index (χ3n) is 3.25. The second-order valence-electron chi connectivity index (χ2n) is 4.66. The number of hydrogen-bond donors (Lipinski definition) is 1. The molecule has 2 rings (SSSR count). The SMILES string of the molecule is CNCC(=O)N1CCC(Oc2ccccc2I)CC1. The average Bonchev–Trinajstić information content (AvgIpc) is 2.42. The van der Waals surface area contributed by atoms with Crippen LogP contribution in [0.25, 0.3) is 0 Å². The molecule has 4 nitrogen and oxygen atoms in total. The third-order valence-corrected chi connectivity index (χ3v) is 4.14. The van der Waals surface area contributed by atoms with Gasteiger partial charge >= 0.3 is 0 Å². The number of likely N-dealkylation sites (N-methyl/N-ethyl adjacent to an activating group) is 1. The Morgan fingerprint density at radius 1 is 1.42 bits per heavy atom. The predicted molar refractivity (Wildman–Crippen MR) is 83.3 cm³/mol. The van der Waals surface area contributed by atoms with Crippen LogP contribution in [0, 0.1) is 3.57 Å². The first-order chi connectivity index (χ1) is 9.20. The van der Waals surface area contributed by atoms with E-state index in [0.717, 1.165) is 35.3 Å². The number of carbonyl (C=O) groups excluding carboxylic acids is 1. The van der Waals surface area contributed by atoms with E-state index in [0.29, 0.717) is 6.54 Å². The quantitative estimate of drug-likeness (QED) is 0.819. The molecule has 1 aromatic carbocycles. The number of likely N-dealkylation sites (tertiary alicyclic amines) is 1. The maximum atomic E-state index is 11.7. The first-order valence-corrected chi connectivity index (χ1v) is 7.62. The van der Waals surface area contributed by atoms with E-state index in [1.54, 1.807) is 7.05 Å². The van der Waals surface area contributed by atoms with Crippen LogP contribution >= 0.6 is 22.6 Å². The monoisotopic (exact) mass is 374 g/mol. The number of carbonyl (C=O) groups is 1. The van der Waals surface area contributed by atoms with Crippen LogP contribution < -0.4 is 10.1 Å². The Morgan fingerprint density at radius 3 is 2.74 bits per heavy atom. The lowest BCUT2D eigenvalue weighted by molar-refractivity contribution is -0.131. The van der Waals surface area contributed by atoms with Crippen LogP contribution in [0.4, 0.5) is 0 Å². The minimum Gasteiger partial charge on any atom is -0.489 e. The second-order valence-corrected chi connectivity index (χ2v) is 5.82. The maximum absolute atomic E-state index is 11.7. The highest BCUT2D eigenvalue weighted by Crippen LogP contribution is 2.24. The molecular formula is C14H19IN2O2. The summed E-state index contributed by atoms with van der Waals surface area (Å²) in [6.07, 6.45) is 2.02. The van der Waals surface area contributed by atoms with Crippen LogP contribution in [0.5, 0.6) is 5.75 Å². The zero-order valence-electron chi connectivity index (χ0n) is 11.1. The fraction of sp³-hybridized carbons (Fsp3) is 0.500. The maximum Gasteiger partial charge on any atom is 0.236 e. The lowest BCUT2D eigenvalue weighted by Gasteiger charge is -2.32. The van der Waals surface area contributed by atoms with Crippen LogP contribution in [-0.4, -0.2) is 43.6 Å². The summed E-state index contributed by atoms with van der Waals surface area (Å²) < 4.78 is 7.15. The number of para-hydroxylation sites is 1. The molecule has 5 heteroatoms. The van der Waals surface area contributed by atoms with Crippen molar-refractivity contribution >= 4 is 28.5 Å². The molecule has 0 aromatic heterocycles. The first-order valence-electron chi connectivity index (χ1n) is 6.54. The molecule has 0 bridgehead atoms. The summed E-state index contributed by atoms with van der Waals surface area (Å²) in [6.45, 7) is 1.99. The van der Waals surface area contributed by atoms with Crippen molar-refractivity contribution in [2.75, 3.05) is 26.7 Å². The lowest BCUT2D eigenvalue weighted by Crippen LogP contribution is -2.44. The molecule has 0 unspecified atom stereocenters. The number of nitrogens with one attached hydrogen (secondary N) is 1. The van der Waals surface area contributed by atoms with E-state index >= 15 is 0 Å². The number of piperidine rings is 1. The lowest BCUT2D eigenvalue weighted by atomic mass is 10.1. The highest BCUT2D eigenvalue weighted by molar-refractivity contribution is 14.1. The van der Waals surface area contributed by atoms with Gasteiger partial charge in [-0.1, -0.05) is 12.1 Å². The normalized spacial score (nSPS) is 16.4. The molecule has 1 N–H and O–H groups in total. The van der Waals surface area contributed by atoms with Crippen molar-refractivity contribution in [3.05, 3.63) is 27.8 Å². The summed E-state index contributed by atoms with van der Waals surface area (Å²) in [5.74, 6) is 1.12. The number of halogens is 1. The van der Waals surface area contributed by atoms with Gasteiger partial charge in [-0.25, -0.2) is 0 Å². The van der Waals surface area contributed by atoms with E-state index in [9.17, 15) is 4.79 Å². The first kappa shape index (κ1) is 14.6. The zero-order valence-corrected chi connectivity index (χ0v) is 13.2. The van der Waals surface area contributed by atoms with Gasteiger partial charge in [0.2, 0.25) is 5.91 Å². The molecule has 0 spiro atoms. The predicted octanol–water partition coefficient (Wildman–Crippen LogP) is 1.88. The van der Waals surface area contributed by atoms with E-state index in [-0.39, 0.29) is 12.0 Å². The number of ether oxygens (including phenoxy) is 1. The molecule has 0 aliphatic carbocycles. The van der Waals surface area contributed by atoms with Crippen LogP contribution in [0.1, 0.15) is 12.8 Å². The van der Waals surface area contributed by atoms with Gasteiger partial charge in [-0.2, -0.15) is 0 Å². The summed E-state index contributed by atoms with van der Waals surface area (Å²) in [4.78, 5) is 13.6. The summed E-state index contributed by atoms with van der Waals surface area (Å²) >= 11 is 2.28. The van der Waals surface area contributed by atoms with Crippen LogP contribution in [0.3, 0.4) is 0 Å². The van der Waals surface area contributed by atoms with Crippen molar-refractivity contribution in [1.29, 1.82) is 0 Å². The Kier molecular flexibility index (Phi) is 5.45. The number of hydrogen-bond acceptors (Lipinski definition) is 3. The number of amides is 1. The van der Waals surface area contributed by atoms with Crippen LogP contribution in [-0.2, 0) is 4.79 Å². The fourth-order valence-electron chi connectivity index (χ4n) is 2.21. The summed E-state index contributed by atoms with van der Waals surface area (Å²) in [6, 6.07) is 8.04. The summed E-state index contributed by atoms with van der Waals surface area (Å²) in [5.41, 5.74) is 0. The van der Waals surface area contributed by atoms with Gasteiger partial charge in [-0.05, 0) is 41.8 Å². The molecule has 0 atom stereocenters. The van der Waals surface area contributed by atoms with Crippen LogP contribution in [0.15, 0.2) is 24.3 Å². The molecule has 1 aliphatic heterocycles. The Hall–Kier alpha value is -0.820. The van der Waals surface area contributed by atoms with Gasteiger partial charge in [0.05, 0.1) is 10.1 Å². The largest absolute Gasteiger partial charge is 0.489 e. The standard InChI is InChI=1S/C14H19IN2O2/c1-16-10-14(18)17-8-6-11(7-9-17)19-13-5-3-2-4-12(13)15/h2-5,11,16H,6-10H2,1H3. The van der Waals surface area contributed by atoms with Gasteiger partial charge in [0.25, 0.3) is 0 Å². The fourth-order valence-corrected chi connectivity index (χ4v) is 2.72. The zero-order chi connectivity index (χ0) is 13.7. The summed E-state index contributed by atoms with van der Waals surface area (Å²) in [5, 5.41) is 2.90. The van der Waals surface area contributed by atoms with Crippen molar-refractivity contribution in [2.45, 2.75) is 18.9 Å². The van der Waals surface area contributed by atoms with Crippen molar-refractivity contribution in [3.8, 4) is 5.75 Å². The van der Waals surface area contributed by atoms with Gasteiger partial charge in [0.1, 0.15) is 11.9 Å². The Morgan fingerprint density at radius 2 is 2.11 bits per heavy atom. The average molecular weight is 374 g/mol. The van der Waals surface area contributed by atoms with Crippen molar-refractivity contribution in [1.82, 2.24) is 10.2 Å². The van der Waals surface area contributed by atoms with Gasteiger partial charge < -0.3 is 15.0 Å². The van der Waals surface area contributed by atoms with Crippen molar-refractivity contribution < 1.29 is 9.53 Å². The molecule has 104 valence electrons. The third kappa shape index (κ3) is 4.07. The van der Waals surface area contributed by atoms with E-state index < -0.39 is 0 Å². The van der Waals surface area contributed by atoms with E-state index in [4.69, 9.17) is 4.74 Å². The molecular weight excluding hydrogens is 355 g/mol. The Labute approximate surface area is 127 Å². The van der Waals surface area contributed by atoms with Crippen molar-refractivity contribution in [2.24, 2.45) is 0 Å². The van der Waals surface area contributed by atoms with Crippen molar-refractivity contribution in [3.63, 3.8) is 0 Å². The number of rotatable bonds is 4. The number of nitrogens with zero attached hydrogens (tertiary/aromatic N) is 1. The van der Waals surface area contributed by atoms with Gasteiger partial charge in [0, 0.05) is 25.9 Å². The summed E-state index contributed by atoms with van der Waals surface area (Å²) in [7, 11) is 1.80. The van der Waals surface area contributed by atoms with Gasteiger partial charge in [-0.15, -0.1) is 0 Å². The van der Waals surface area contributed by atoms with Gasteiger partial charge in [-0.3, -0.25) is 4.79 Å². The molecule has 1 fully saturated rings. The molecule has 1 saturated heterocycles. The van der Waals surface area contributed by atoms with E-state index in [1.165, 1.54) is 0 Å². The number of benzene rings is 1. The molecule has 1 aliphatic rings. The van der Waals surface area contributed by atoms with Gasteiger partial charge in [0.15, 0.2) is 0 Å². The Balaban J connectivity index is 1.84. The molecule has 1 heterocycles. The topological polar surface area (TPSA) is 41.6 Å². The Bertz CT molecular complexity index is 431. The molecule has 0 radical (unpaired) electrons. The molecule has 0 saturated carbocycles. The molecule has 1 amide bonds. The minimum absolute atomic E-state index is 0.176. The highest BCUT2D eigenvalue weighted by atomic mass is 127. The van der Waals surface area contributed by atoms with E-state index in [1.807, 2.05) is 29.2 Å². The molecule has 19 heavy (non-hydrogen) atoms. The second kappa shape index (κ2) is 7.09. The highest BCUT2D eigenvalue weighted by Gasteiger charge is 2.23. The minimum atomic E-state index is 0.176. The van der Waals surface area contributed by atoms with Crippen LogP contribution in [0.2, 0.25) is 0 Å². The smallest absolute Gasteiger partial charge is 0.236 e. The molecule has 1 aromatic rings.